The van der Waals surface area contributed by atoms with Crippen LogP contribution in [-0.2, 0) is 0 Å². The zero-order chi connectivity index (χ0) is 19.0. The molecule has 26 heavy (non-hydrogen) atoms. The number of pyridine rings is 1. The summed E-state index contributed by atoms with van der Waals surface area (Å²) in [6.07, 6.45) is 0. The average Bonchev–Trinajstić information content (AvgIpc) is 2.61. The number of aryl methyl sites for hydroxylation is 1. The fourth-order valence-electron chi connectivity index (χ4n) is 3.13. The minimum Gasteiger partial charge on any atom is -0.508 e. The van der Waals surface area contributed by atoms with E-state index < -0.39 is 0 Å². The first kappa shape index (κ1) is 17.9. The zero-order valence-corrected chi connectivity index (χ0v) is 15.2. The van der Waals surface area contributed by atoms with Crippen LogP contribution >= 0.6 is 0 Å². The predicted octanol–water partition coefficient (Wildman–Crippen LogP) is 4.54. The van der Waals surface area contributed by atoms with Gasteiger partial charge in [0, 0.05) is 18.0 Å². The molecule has 3 rings (SSSR count). The molecule has 0 aliphatic heterocycles. The molecule has 2 N–H and O–H groups in total. The van der Waals surface area contributed by atoms with Crippen molar-refractivity contribution in [3.63, 3.8) is 0 Å². The number of benzene rings is 2. The first-order chi connectivity index (χ1) is 12.3. The molecule has 0 unspecified atom stereocenters. The number of hydrogen-bond acceptors (Lipinski definition) is 3. The molecule has 1 heterocycles. The van der Waals surface area contributed by atoms with Gasteiger partial charge in [0.2, 0.25) is 0 Å². The third-order valence-corrected chi connectivity index (χ3v) is 4.45. The number of hydrogen-bond donors (Lipinski definition) is 2. The summed E-state index contributed by atoms with van der Waals surface area (Å²) >= 11 is 0. The van der Waals surface area contributed by atoms with E-state index in [1.54, 1.807) is 38.2 Å². The number of nitrogens with zero attached hydrogens (tertiary/aromatic N) is 1. The van der Waals surface area contributed by atoms with E-state index in [0.717, 1.165) is 22.2 Å². The van der Waals surface area contributed by atoms with E-state index in [2.05, 4.69) is 10.3 Å². The highest BCUT2D eigenvalue weighted by Gasteiger charge is 2.21. The maximum Gasteiger partial charge on any atom is 0.270 e. The molecule has 5 heteroatoms. The van der Waals surface area contributed by atoms with Crippen LogP contribution in [0.3, 0.4) is 0 Å². The Hall–Kier alpha value is -2.95. The Bertz CT molecular complexity index is 1010. The smallest absolute Gasteiger partial charge is 0.270 e. The molecule has 134 valence electrons. The second-order valence-corrected chi connectivity index (χ2v) is 6.65. The lowest BCUT2D eigenvalue weighted by Crippen LogP contribution is -2.21. The standard InChI is InChI=1S/C21H21FN2O2/c1-11(2)19-18(13-5-8-17(22)12(3)9-13)15-7-6-14(25)10-16(15)20(24-19)21(26)23-4/h5-11,25H,1-4H3,(H,23,26). The van der Waals surface area contributed by atoms with E-state index in [1.807, 2.05) is 13.8 Å². The van der Waals surface area contributed by atoms with E-state index >= 15 is 0 Å². The van der Waals surface area contributed by atoms with Crippen LogP contribution in [0.2, 0.25) is 0 Å². The molecule has 0 aliphatic rings. The van der Waals surface area contributed by atoms with Gasteiger partial charge < -0.3 is 10.4 Å². The van der Waals surface area contributed by atoms with Gasteiger partial charge in [0.25, 0.3) is 5.91 Å². The summed E-state index contributed by atoms with van der Waals surface area (Å²) < 4.78 is 13.8. The highest BCUT2D eigenvalue weighted by atomic mass is 19.1. The first-order valence-electron chi connectivity index (χ1n) is 8.48. The summed E-state index contributed by atoms with van der Waals surface area (Å²) in [5, 5.41) is 13.9. The fraction of sp³-hybridized carbons (Fsp3) is 0.238. The van der Waals surface area contributed by atoms with Gasteiger partial charge in [-0.1, -0.05) is 19.9 Å². The molecule has 4 nitrogen and oxygen atoms in total. The minimum absolute atomic E-state index is 0.0527. The molecule has 2 aromatic carbocycles. The molecule has 0 spiro atoms. The van der Waals surface area contributed by atoms with Gasteiger partial charge in [-0.05, 0) is 59.7 Å². The van der Waals surface area contributed by atoms with E-state index in [0.29, 0.717) is 10.9 Å². The zero-order valence-electron chi connectivity index (χ0n) is 15.2. The number of carbonyl (C=O) groups is 1. The summed E-state index contributed by atoms with van der Waals surface area (Å²) in [6, 6.07) is 9.84. The van der Waals surface area contributed by atoms with Crippen molar-refractivity contribution in [3.05, 3.63) is 59.2 Å². The minimum atomic E-state index is -0.315. The Balaban J connectivity index is 2.46. The van der Waals surface area contributed by atoms with Crippen molar-refractivity contribution in [3.8, 4) is 16.9 Å². The lowest BCUT2D eigenvalue weighted by atomic mass is 9.90. The van der Waals surface area contributed by atoms with Gasteiger partial charge in [-0.15, -0.1) is 0 Å². The molecule has 0 aliphatic carbocycles. The summed E-state index contributed by atoms with van der Waals surface area (Å²) in [7, 11) is 1.55. The fourth-order valence-corrected chi connectivity index (χ4v) is 3.13. The second-order valence-electron chi connectivity index (χ2n) is 6.65. The molecular weight excluding hydrogens is 331 g/mol. The maximum absolute atomic E-state index is 13.8. The Morgan fingerprint density at radius 3 is 2.50 bits per heavy atom. The molecule has 0 saturated heterocycles. The van der Waals surface area contributed by atoms with E-state index in [4.69, 9.17) is 0 Å². The van der Waals surface area contributed by atoms with Crippen LogP contribution in [0.4, 0.5) is 4.39 Å². The first-order valence-corrected chi connectivity index (χ1v) is 8.48. The number of nitrogens with one attached hydrogen (secondary N) is 1. The largest absolute Gasteiger partial charge is 0.508 e. The highest BCUT2D eigenvalue weighted by molar-refractivity contribution is 6.10. The van der Waals surface area contributed by atoms with Crippen molar-refractivity contribution in [1.29, 1.82) is 0 Å². The molecule has 1 amide bonds. The summed E-state index contributed by atoms with van der Waals surface area (Å²) in [5.74, 6) is -0.471. The van der Waals surface area contributed by atoms with E-state index in [-0.39, 0.29) is 29.1 Å². The Labute approximate surface area is 151 Å². The molecule has 0 atom stereocenters. The third kappa shape index (κ3) is 3.01. The lowest BCUT2D eigenvalue weighted by molar-refractivity contribution is 0.0960. The molecular formula is C21H21FN2O2. The highest BCUT2D eigenvalue weighted by Crippen LogP contribution is 2.37. The Morgan fingerprint density at radius 1 is 1.15 bits per heavy atom. The van der Waals surface area contributed by atoms with Crippen molar-refractivity contribution in [2.75, 3.05) is 7.05 Å². The molecule has 0 radical (unpaired) electrons. The van der Waals surface area contributed by atoms with E-state index in [1.165, 1.54) is 12.1 Å². The number of aromatic nitrogens is 1. The Kier molecular flexibility index (Phi) is 4.64. The number of fused-ring (bicyclic) bond motifs is 1. The van der Waals surface area contributed by atoms with Gasteiger partial charge in [-0.25, -0.2) is 9.37 Å². The van der Waals surface area contributed by atoms with Crippen molar-refractivity contribution in [2.45, 2.75) is 26.7 Å². The van der Waals surface area contributed by atoms with Crippen LogP contribution in [0.15, 0.2) is 36.4 Å². The van der Waals surface area contributed by atoms with Gasteiger partial charge in [-0.2, -0.15) is 0 Å². The summed E-state index contributed by atoms with van der Waals surface area (Å²) in [4.78, 5) is 17.0. The predicted molar refractivity (Wildman–Crippen MR) is 101 cm³/mol. The van der Waals surface area contributed by atoms with Crippen LogP contribution in [0.25, 0.3) is 21.9 Å². The van der Waals surface area contributed by atoms with Gasteiger partial charge >= 0.3 is 0 Å². The van der Waals surface area contributed by atoms with Crippen molar-refractivity contribution in [1.82, 2.24) is 10.3 Å². The molecule has 0 fully saturated rings. The van der Waals surface area contributed by atoms with Crippen LogP contribution < -0.4 is 5.32 Å². The van der Waals surface area contributed by atoms with Crippen LogP contribution in [0.5, 0.6) is 5.75 Å². The quantitative estimate of drug-likeness (QED) is 0.727. The number of halogens is 1. The van der Waals surface area contributed by atoms with Crippen molar-refractivity contribution < 1.29 is 14.3 Å². The number of rotatable bonds is 3. The Morgan fingerprint density at radius 2 is 1.88 bits per heavy atom. The van der Waals surface area contributed by atoms with E-state index in [9.17, 15) is 14.3 Å². The van der Waals surface area contributed by atoms with Gasteiger partial charge in [0.15, 0.2) is 0 Å². The molecule has 0 bridgehead atoms. The lowest BCUT2D eigenvalue weighted by Gasteiger charge is -2.18. The van der Waals surface area contributed by atoms with Crippen LogP contribution in [-0.4, -0.2) is 23.0 Å². The SMILES string of the molecule is CNC(=O)c1nc(C(C)C)c(-c2ccc(F)c(C)c2)c2ccc(O)cc12. The third-order valence-electron chi connectivity index (χ3n) is 4.45. The van der Waals surface area contributed by atoms with Crippen molar-refractivity contribution >= 4 is 16.7 Å². The summed E-state index contributed by atoms with van der Waals surface area (Å²) in [5.41, 5.74) is 3.25. The van der Waals surface area contributed by atoms with Crippen molar-refractivity contribution in [2.24, 2.45) is 0 Å². The second kappa shape index (κ2) is 6.75. The van der Waals surface area contributed by atoms with Crippen LogP contribution in [0.1, 0.15) is 41.5 Å². The maximum atomic E-state index is 13.8. The molecule has 0 saturated carbocycles. The number of phenolic OH excluding ortho intramolecular Hbond substituents is 1. The van der Waals surface area contributed by atoms with Crippen LogP contribution in [0, 0.1) is 12.7 Å². The number of amides is 1. The van der Waals surface area contributed by atoms with Gasteiger partial charge in [0.05, 0.1) is 5.69 Å². The summed E-state index contributed by atoms with van der Waals surface area (Å²) in [6.45, 7) is 5.72. The molecule has 1 aromatic heterocycles. The van der Waals surface area contributed by atoms with Gasteiger partial charge in [0.1, 0.15) is 17.3 Å². The van der Waals surface area contributed by atoms with Gasteiger partial charge in [-0.3, -0.25) is 4.79 Å². The monoisotopic (exact) mass is 352 g/mol. The number of phenols is 1. The number of carbonyl (C=O) groups excluding carboxylic acids is 1. The molecule has 3 aromatic rings. The normalized spacial score (nSPS) is 11.2. The topological polar surface area (TPSA) is 62.2 Å². The average molecular weight is 352 g/mol. The number of aromatic hydroxyl groups is 1.